The van der Waals surface area contributed by atoms with E-state index in [0.29, 0.717) is 11.1 Å². The summed E-state index contributed by atoms with van der Waals surface area (Å²) >= 11 is 0. The van der Waals surface area contributed by atoms with Gasteiger partial charge >= 0.3 is 5.97 Å². The molecule has 0 aliphatic heterocycles. The van der Waals surface area contributed by atoms with Gasteiger partial charge in [-0.3, -0.25) is 29.0 Å². The second-order valence-corrected chi connectivity index (χ2v) is 12.8. The first-order valence-corrected chi connectivity index (χ1v) is 16.9. The monoisotopic (exact) mass is 725 g/mol. The number of hydrogen-bond donors (Lipinski definition) is 10. The van der Waals surface area contributed by atoms with Crippen LogP contribution in [0.5, 0.6) is 5.75 Å². The van der Waals surface area contributed by atoms with E-state index in [1.165, 1.54) is 19.1 Å². The molecule has 0 saturated carbocycles. The molecule has 0 spiro atoms. The van der Waals surface area contributed by atoms with Gasteiger partial charge in [-0.2, -0.15) is 0 Å². The Morgan fingerprint density at radius 1 is 0.731 bits per heavy atom. The molecule has 0 aromatic heterocycles. The number of carbonyl (C=O) groups excluding carboxylic acids is 5. The normalized spacial score (nSPS) is 13.7. The van der Waals surface area contributed by atoms with Crippen molar-refractivity contribution < 1.29 is 39.0 Å². The lowest BCUT2D eigenvalue weighted by Crippen LogP contribution is -2.57. The molecule has 284 valence electrons. The van der Waals surface area contributed by atoms with Crippen molar-refractivity contribution in [3.05, 3.63) is 65.7 Å². The summed E-state index contributed by atoms with van der Waals surface area (Å²) in [6, 6.07) is 9.37. The molecule has 17 nitrogen and oxygen atoms in total. The van der Waals surface area contributed by atoms with Gasteiger partial charge in [0.25, 0.3) is 0 Å². The molecule has 17 heteroatoms. The number of amides is 5. The first kappa shape index (κ1) is 42.5. The number of phenols is 1. The quantitative estimate of drug-likeness (QED) is 0.0413. The summed E-state index contributed by atoms with van der Waals surface area (Å²) in [6.45, 7) is 4.71. The number of carboxylic acids is 1. The lowest BCUT2D eigenvalue weighted by molar-refractivity contribution is -0.142. The van der Waals surface area contributed by atoms with E-state index < -0.39 is 72.3 Å². The predicted octanol–water partition coefficient (Wildman–Crippen LogP) is -1.24. The van der Waals surface area contributed by atoms with Crippen LogP contribution in [0.2, 0.25) is 0 Å². The zero-order chi connectivity index (χ0) is 38.8. The molecular weight excluding hydrogens is 674 g/mol. The summed E-state index contributed by atoms with van der Waals surface area (Å²) in [7, 11) is 0. The molecule has 1 unspecified atom stereocenters. The topological polar surface area (TPSA) is 293 Å². The van der Waals surface area contributed by atoms with Gasteiger partial charge in [0.05, 0.1) is 12.6 Å². The minimum absolute atomic E-state index is 0.0352. The Balaban J connectivity index is 2.06. The zero-order valence-corrected chi connectivity index (χ0v) is 29.6. The van der Waals surface area contributed by atoms with Gasteiger partial charge in [0.2, 0.25) is 29.5 Å². The molecule has 0 aliphatic rings. The second-order valence-electron chi connectivity index (χ2n) is 12.8. The fraction of sp³-hybridized carbons (Fsp3) is 0.457. The van der Waals surface area contributed by atoms with Crippen molar-refractivity contribution >= 4 is 41.5 Å². The molecule has 2 aromatic rings. The first-order valence-electron chi connectivity index (χ1n) is 16.9. The van der Waals surface area contributed by atoms with Crippen molar-refractivity contribution in [2.24, 2.45) is 28.1 Å². The number of hydrogen-bond acceptors (Lipinski definition) is 9. The van der Waals surface area contributed by atoms with Gasteiger partial charge in [0, 0.05) is 13.0 Å². The maximum Gasteiger partial charge on any atom is 0.326 e. The standard InChI is InChI=1S/C35H51N9O8/c1-20(2)16-27(32(49)43-26(34(51)52)10-7-15-39-35(37)38)44-33(50)28(18-22-8-5-4-6-9-22)42-29(46)19-40-30(47)21(3)41-31(48)25(36)17-23-11-13-24(45)14-12-23/h4-6,8-9,11-14,20-21,25-28,45H,7,10,15-19,36H2,1-3H3,(H,40,47)(H,41,48)(H,42,46)(H,43,49)(H,44,50)(H,51,52)(H4,37,38,39)/t21-,25-,26-,27?,28-/m0/s1. The highest BCUT2D eigenvalue weighted by Crippen LogP contribution is 2.12. The van der Waals surface area contributed by atoms with E-state index in [1.54, 1.807) is 42.5 Å². The summed E-state index contributed by atoms with van der Waals surface area (Å²) in [5, 5.41) is 31.8. The summed E-state index contributed by atoms with van der Waals surface area (Å²) in [5.41, 5.74) is 18.0. The first-order chi connectivity index (χ1) is 24.5. The number of aromatic hydroxyl groups is 1. The van der Waals surface area contributed by atoms with E-state index in [1.807, 2.05) is 13.8 Å². The number of nitrogens with two attached hydrogens (primary N) is 3. The number of aliphatic carboxylic acids is 1. The zero-order valence-electron chi connectivity index (χ0n) is 29.6. The number of rotatable bonds is 21. The average Bonchev–Trinajstić information content (AvgIpc) is 3.08. The van der Waals surface area contributed by atoms with Gasteiger partial charge in [-0.15, -0.1) is 0 Å². The van der Waals surface area contributed by atoms with E-state index >= 15 is 0 Å². The molecule has 0 fully saturated rings. The molecule has 0 aliphatic carbocycles. The molecule has 52 heavy (non-hydrogen) atoms. The van der Waals surface area contributed by atoms with Crippen LogP contribution in [0.1, 0.15) is 51.2 Å². The van der Waals surface area contributed by atoms with Crippen LogP contribution in [0.4, 0.5) is 0 Å². The number of carbonyl (C=O) groups is 6. The number of guanidine groups is 1. The Morgan fingerprint density at radius 3 is 1.92 bits per heavy atom. The van der Waals surface area contributed by atoms with Crippen LogP contribution in [-0.4, -0.2) is 95.0 Å². The fourth-order valence-electron chi connectivity index (χ4n) is 5.00. The Hall–Kier alpha value is -5.71. The van der Waals surface area contributed by atoms with E-state index in [0.717, 1.165) is 0 Å². The summed E-state index contributed by atoms with van der Waals surface area (Å²) in [5.74, 6) is -4.83. The largest absolute Gasteiger partial charge is 0.508 e. The molecule has 0 radical (unpaired) electrons. The molecule has 2 rings (SSSR count). The van der Waals surface area contributed by atoms with Gasteiger partial charge in [-0.05, 0) is 61.8 Å². The smallest absolute Gasteiger partial charge is 0.326 e. The minimum Gasteiger partial charge on any atom is -0.508 e. The second kappa shape index (κ2) is 21.5. The van der Waals surface area contributed by atoms with E-state index in [4.69, 9.17) is 17.2 Å². The third-order valence-corrected chi connectivity index (χ3v) is 7.74. The van der Waals surface area contributed by atoms with Crippen LogP contribution in [0, 0.1) is 5.92 Å². The van der Waals surface area contributed by atoms with Crippen molar-refractivity contribution in [3.8, 4) is 5.75 Å². The van der Waals surface area contributed by atoms with Crippen LogP contribution in [0.3, 0.4) is 0 Å². The van der Waals surface area contributed by atoms with Crippen LogP contribution in [-0.2, 0) is 41.6 Å². The molecule has 0 bridgehead atoms. The molecule has 0 heterocycles. The lowest BCUT2D eigenvalue weighted by Gasteiger charge is -2.26. The van der Waals surface area contributed by atoms with Crippen LogP contribution >= 0.6 is 0 Å². The van der Waals surface area contributed by atoms with Gasteiger partial charge in [0.1, 0.15) is 29.9 Å². The molecule has 0 saturated heterocycles. The number of phenolic OH excluding ortho intramolecular Hbond substituents is 1. The van der Waals surface area contributed by atoms with E-state index in [9.17, 15) is 39.0 Å². The summed E-state index contributed by atoms with van der Waals surface area (Å²) in [4.78, 5) is 80.9. The fourth-order valence-corrected chi connectivity index (χ4v) is 5.00. The maximum absolute atomic E-state index is 13.6. The highest BCUT2D eigenvalue weighted by atomic mass is 16.4. The van der Waals surface area contributed by atoms with Crippen molar-refractivity contribution in [2.45, 2.75) is 83.1 Å². The van der Waals surface area contributed by atoms with Crippen molar-refractivity contribution in [1.82, 2.24) is 26.6 Å². The van der Waals surface area contributed by atoms with Crippen LogP contribution < -0.4 is 43.8 Å². The number of nitrogens with zero attached hydrogens (tertiary/aromatic N) is 1. The van der Waals surface area contributed by atoms with Gasteiger partial charge in [0.15, 0.2) is 5.96 Å². The van der Waals surface area contributed by atoms with Crippen LogP contribution in [0.15, 0.2) is 59.6 Å². The number of benzene rings is 2. The number of nitrogens with one attached hydrogen (secondary N) is 5. The van der Waals surface area contributed by atoms with Crippen molar-refractivity contribution in [2.75, 3.05) is 13.1 Å². The van der Waals surface area contributed by atoms with Crippen LogP contribution in [0.25, 0.3) is 0 Å². The van der Waals surface area contributed by atoms with Crippen molar-refractivity contribution in [1.29, 1.82) is 0 Å². The van der Waals surface area contributed by atoms with Crippen molar-refractivity contribution in [3.63, 3.8) is 0 Å². The summed E-state index contributed by atoms with van der Waals surface area (Å²) in [6.07, 6.45) is 0.679. The van der Waals surface area contributed by atoms with Gasteiger partial charge < -0.3 is 54.0 Å². The number of carboxylic acid groups (broad SMARTS) is 1. The van der Waals surface area contributed by atoms with E-state index in [2.05, 4.69) is 31.6 Å². The Kier molecular flexibility index (Phi) is 17.5. The highest BCUT2D eigenvalue weighted by molar-refractivity contribution is 5.95. The Bertz CT molecular complexity index is 1530. The molecule has 2 aromatic carbocycles. The third-order valence-electron chi connectivity index (χ3n) is 7.74. The Labute approximate surface area is 302 Å². The molecule has 13 N–H and O–H groups in total. The highest BCUT2D eigenvalue weighted by Gasteiger charge is 2.30. The Morgan fingerprint density at radius 2 is 1.33 bits per heavy atom. The predicted molar refractivity (Wildman–Crippen MR) is 193 cm³/mol. The number of aliphatic imine (C=N–C) groups is 1. The molecule has 5 atom stereocenters. The van der Waals surface area contributed by atoms with Gasteiger partial charge in [-0.1, -0.05) is 56.3 Å². The molecule has 5 amide bonds. The minimum atomic E-state index is -1.27. The average molecular weight is 726 g/mol. The van der Waals surface area contributed by atoms with E-state index in [-0.39, 0.29) is 56.3 Å². The van der Waals surface area contributed by atoms with Gasteiger partial charge in [-0.25, -0.2) is 4.79 Å². The molecular formula is C35H51N9O8. The summed E-state index contributed by atoms with van der Waals surface area (Å²) < 4.78 is 0. The third kappa shape index (κ3) is 15.9. The SMILES string of the molecule is CC(C)CC(NC(=O)[C@H](Cc1ccccc1)NC(=O)CNC(=O)[C@H](C)NC(=O)[C@@H](N)Cc1ccc(O)cc1)C(=O)N[C@@H](CCCN=C(N)N)C(=O)O. The lowest BCUT2D eigenvalue weighted by atomic mass is 10.0. The maximum atomic E-state index is 13.6.